The van der Waals surface area contributed by atoms with Gasteiger partial charge in [-0.3, -0.25) is 0 Å². The van der Waals surface area contributed by atoms with Gasteiger partial charge in [0.05, 0.1) is 18.3 Å². The van der Waals surface area contributed by atoms with Crippen molar-refractivity contribution >= 4 is 0 Å². The lowest BCUT2D eigenvalue weighted by molar-refractivity contribution is -0.137. The van der Waals surface area contributed by atoms with E-state index in [0.29, 0.717) is 5.56 Å². The van der Waals surface area contributed by atoms with Crippen LogP contribution in [-0.2, 0) is 12.7 Å². The molecule has 0 aliphatic carbocycles. The molecule has 3 nitrogen and oxygen atoms in total. The van der Waals surface area contributed by atoms with Crippen LogP contribution in [-0.4, -0.2) is 15.0 Å². The predicted octanol–water partition coefficient (Wildman–Crippen LogP) is 2.35. The average Bonchev–Trinajstić information content (AvgIpc) is 2.70. The summed E-state index contributed by atoms with van der Waals surface area (Å²) in [6.45, 7) is 0.282. The molecule has 0 amide bonds. The van der Waals surface area contributed by atoms with E-state index < -0.39 is 11.7 Å². The second-order valence-electron chi connectivity index (χ2n) is 3.30. The van der Waals surface area contributed by atoms with Crippen molar-refractivity contribution in [2.75, 3.05) is 0 Å². The lowest BCUT2D eigenvalue weighted by atomic mass is 10.1. The second kappa shape index (κ2) is 3.96. The molecule has 0 bridgehead atoms. The largest absolute Gasteiger partial charge is 0.416 e. The number of hydrogen-bond acceptors (Lipinski definition) is 2. The fourth-order valence-electron chi connectivity index (χ4n) is 1.35. The molecule has 0 fully saturated rings. The van der Waals surface area contributed by atoms with Gasteiger partial charge in [0.15, 0.2) is 0 Å². The summed E-state index contributed by atoms with van der Waals surface area (Å²) in [5, 5.41) is 7.27. The Morgan fingerprint density at radius 1 is 1.25 bits per heavy atom. The Morgan fingerprint density at radius 3 is 2.69 bits per heavy atom. The predicted molar refractivity (Wildman–Crippen MR) is 50.6 cm³/mol. The molecular formula is C10H8F3N3. The summed E-state index contributed by atoms with van der Waals surface area (Å²) >= 11 is 0. The fourth-order valence-corrected chi connectivity index (χ4v) is 1.35. The first-order valence-corrected chi connectivity index (χ1v) is 4.56. The van der Waals surface area contributed by atoms with Crippen molar-refractivity contribution in [1.29, 1.82) is 0 Å². The first kappa shape index (κ1) is 10.7. The summed E-state index contributed by atoms with van der Waals surface area (Å²) in [7, 11) is 0. The standard InChI is InChI=1S/C10H8F3N3/c11-10(12,13)9-3-1-2-8(6-9)7-16-5-4-14-15-16/h1-6H,7H2. The Bertz CT molecular complexity index is 462. The molecule has 2 rings (SSSR count). The van der Waals surface area contributed by atoms with Crippen LogP contribution >= 0.6 is 0 Å². The van der Waals surface area contributed by atoms with Gasteiger partial charge in [0, 0.05) is 6.20 Å². The molecule has 0 atom stereocenters. The zero-order valence-electron chi connectivity index (χ0n) is 8.15. The van der Waals surface area contributed by atoms with Gasteiger partial charge in [-0.05, 0) is 17.7 Å². The number of halogens is 3. The van der Waals surface area contributed by atoms with Gasteiger partial charge in [-0.1, -0.05) is 17.3 Å². The molecule has 0 radical (unpaired) electrons. The molecule has 0 aliphatic rings. The van der Waals surface area contributed by atoms with Crippen LogP contribution in [0.5, 0.6) is 0 Å². The maximum absolute atomic E-state index is 12.4. The highest BCUT2D eigenvalue weighted by Crippen LogP contribution is 2.29. The first-order chi connectivity index (χ1) is 7.55. The summed E-state index contributed by atoms with van der Waals surface area (Å²) in [6.07, 6.45) is -1.23. The number of benzene rings is 1. The molecule has 16 heavy (non-hydrogen) atoms. The van der Waals surface area contributed by atoms with E-state index in [2.05, 4.69) is 10.3 Å². The smallest absolute Gasteiger partial charge is 0.248 e. The van der Waals surface area contributed by atoms with Crippen LogP contribution in [0, 0.1) is 0 Å². The fraction of sp³-hybridized carbons (Fsp3) is 0.200. The molecule has 0 saturated carbocycles. The minimum atomic E-state index is -4.31. The summed E-state index contributed by atoms with van der Waals surface area (Å²) in [5.41, 5.74) is -0.106. The van der Waals surface area contributed by atoms with Crippen LogP contribution in [0.4, 0.5) is 13.2 Å². The Balaban J connectivity index is 2.23. The van der Waals surface area contributed by atoms with E-state index in [1.807, 2.05) is 0 Å². The highest BCUT2D eigenvalue weighted by atomic mass is 19.4. The molecule has 1 aromatic carbocycles. The van der Waals surface area contributed by atoms with Crippen LogP contribution in [0.2, 0.25) is 0 Å². The van der Waals surface area contributed by atoms with Crippen LogP contribution in [0.25, 0.3) is 0 Å². The van der Waals surface area contributed by atoms with Crippen LogP contribution < -0.4 is 0 Å². The van der Waals surface area contributed by atoms with Gasteiger partial charge in [0.2, 0.25) is 0 Å². The minimum Gasteiger partial charge on any atom is -0.248 e. The maximum Gasteiger partial charge on any atom is 0.416 e. The van der Waals surface area contributed by atoms with Crippen molar-refractivity contribution in [2.45, 2.75) is 12.7 Å². The van der Waals surface area contributed by atoms with E-state index in [-0.39, 0.29) is 6.54 Å². The van der Waals surface area contributed by atoms with Gasteiger partial charge in [0.25, 0.3) is 0 Å². The molecule has 0 N–H and O–H groups in total. The van der Waals surface area contributed by atoms with E-state index in [9.17, 15) is 13.2 Å². The number of rotatable bonds is 2. The van der Waals surface area contributed by atoms with Gasteiger partial charge in [-0.2, -0.15) is 13.2 Å². The van der Waals surface area contributed by atoms with E-state index in [4.69, 9.17) is 0 Å². The third-order valence-corrected chi connectivity index (χ3v) is 2.07. The lowest BCUT2D eigenvalue weighted by Gasteiger charge is -2.08. The molecule has 0 unspecified atom stereocenters. The molecule has 0 saturated heterocycles. The highest BCUT2D eigenvalue weighted by Gasteiger charge is 2.30. The molecule has 0 spiro atoms. The topological polar surface area (TPSA) is 30.7 Å². The summed E-state index contributed by atoms with van der Waals surface area (Å²) < 4.78 is 38.7. The van der Waals surface area contributed by atoms with Gasteiger partial charge in [0.1, 0.15) is 0 Å². The van der Waals surface area contributed by atoms with Gasteiger partial charge in [-0.15, -0.1) is 5.10 Å². The molecule has 6 heteroatoms. The number of nitrogens with zero attached hydrogens (tertiary/aromatic N) is 3. The highest BCUT2D eigenvalue weighted by molar-refractivity contribution is 5.25. The normalized spacial score (nSPS) is 11.7. The first-order valence-electron chi connectivity index (χ1n) is 4.56. The molecule has 84 valence electrons. The Labute approximate surface area is 89.5 Å². The van der Waals surface area contributed by atoms with Crippen LogP contribution in [0.15, 0.2) is 36.7 Å². The van der Waals surface area contributed by atoms with Crippen molar-refractivity contribution < 1.29 is 13.2 Å². The third kappa shape index (κ3) is 2.39. The quantitative estimate of drug-likeness (QED) is 0.788. The zero-order chi connectivity index (χ0) is 11.6. The summed E-state index contributed by atoms with van der Waals surface area (Å²) in [6, 6.07) is 5.17. The van der Waals surface area contributed by atoms with Gasteiger partial charge < -0.3 is 0 Å². The molecule has 2 aromatic rings. The van der Waals surface area contributed by atoms with E-state index in [0.717, 1.165) is 12.1 Å². The minimum absolute atomic E-state index is 0.282. The molecule has 1 heterocycles. The Morgan fingerprint density at radius 2 is 2.06 bits per heavy atom. The zero-order valence-corrected chi connectivity index (χ0v) is 8.15. The molecule has 1 aromatic heterocycles. The SMILES string of the molecule is FC(F)(F)c1cccc(Cn2ccnn2)c1. The van der Waals surface area contributed by atoms with E-state index in [1.54, 1.807) is 12.3 Å². The number of aromatic nitrogens is 3. The Kier molecular flexibility index (Phi) is 2.64. The Hall–Kier alpha value is -1.85. The van der Waals surface area contributed by atoms with Gasteiger partial charge >= 0.3 is 6.18 Å². The summed E-state index contributed by atoms with van der Waals surface area (Å²) in [4.78, 5) is 0. The number of alkyl halides is 3. The monoisotopic (exact) mass is 227 g/mol. The van der Waals surface area contributed by atoms with E-state index in [1.165, 1.54) is 16.9 Å². The summed E-state index contributed by atoms with van der Waals surface area (Å²) in [5.74, 6) is 0. The van der Waals surface area contributed by atoms with Gasteiger partial charge in [-0.25, -0.2) is 4.68 Å². The van der Waals surface area contributed by atoms with Crippen LogP contribution in [0.3, 0.4) is 0 Å². The number of hydrogen-bond donors (Lipinski definition) is 0. The van der Waals surface area contributed by atoms with E-state index >= 15 is 0 Å². The maximum atomic E-state index is 12.4. The van der Waals surface area contributed by atoms with Crippen LogP contribution in [0.1, 0.15) is 11.1 Å². The lowest BCUT2D eigenvalue weighted by Crippen LogP contribution is -2.07. The van der Waals surface area contributed by atoms with Crippen molar-refractivity contribution in [3.05, 3.63) is 47.8 Å². The van der Waals surface area contributed by atoms with Crippen molar-refractivity contribution in [3.8, 4) is 0 Å². The third-order valence-electron chi connectivity index (χ3n) is 2.07. The average molecular weight is 227 g/mol. The second-order valence-corrected chi connectivity index (χ2v) is 3.30. The van der Waals surface area contributed by atoms with Crippen molar-refractivity contribution in [3.63, 3.8) is 0 Å². The molecule has 0 aliphatic heterocycles. The van der Waals surface area contributed by atoms with Crippen molar-refractivity contribution in [2.24, 2.45) is 0 Å². The van der Waals surface area contributed by atoms with Crippen molar-refractivity contribution in [1.82, 2.24) is 15.0 Å². The molecular weight excluding hydrogens is 219 g/mol.